The molecule has 1 fully saturated rings. The van der Waals surface area contributed by atoms with Gasteiger partial charge < -0.3 is 10.2 Å². The number of hydrogen-bond acceptors (Lipinski definition) is 4. The number of nitrogens with one attached hydrogen (secondary N) is 1. The first-order valence-corrected chi connectivity index (χ1v) is 9.86. The van der Waals surface area contributed by atoms with Gasteiger partial charge in [-0.15, -0.1) is 0 Å². The van der Waals surface area contributed by atoms with E-state index in [1.54, 1.807) is 4.90 Å². The largest absolute Gasteiger partial charge is 0.354 e. The second-order valence-corrected chi connectivity index (χ2v) is 7.73. The molecule has 28 heavy (non-hydrogen) atoms. The van der Waals surface area contributed by atoms with Gasteiger partial charge in [-0.1, -0.05) is 0 Å². The van der Waals surface area contributed by atoms with Crippen molar-refractivity contribution in [2.75, 3.05) is 19.6 Å². The zero-order valence-electron chi connectivity index (χ0n) is 17.6. The van der Waals surface area contributed by atoms with Gasteiger partial charge in [-0.2, -0.15) is 10.2 Å². The molecule has 8 heteroatoms. The van der Waals surface area contributed by atoms with Gasteiger partial charge in [0.1, 0.15) is 0 Å². The number of carbonyl (C=O) groups excluding carboxylic acids is 2. The molecule has 1 atom stereocenters. The highest BCUT2D eigenvalue weighted by Crippen LogP contribution is 2.23. The lowest BCUT2D eigenvalue weighted by Gasteiger charge is -2.38. The number of rotatable bonds is 6. The number of likely N-dealkylation sites (tertiary alicyclic amines) is 1. The first kappa shape index (κ1) is 20.1. The van der Waals surface area contributed by atoms with Gasteiger partial charge in [0.2, 0.25) is 5.91 Å². The fraction of sp³-hybridized carbons (Fsp3) is 0.600. The van der Waals surface area contributed by atoms with E-state index in [0.717, 1.165) is 29.3 Å². The molecule has 0 radical (unpaired) electrons. The zero-order valence-corrected chi connectivity index (χ0v) is 17.6. The average Bonchev–Trinajstić information content (AvgIpc) is 3.08. The smallest absolute Gasteiger partial charge is 0.257 e. The monoisotopic (exact) mass is 386 g/mol. The summed E-state index contributed by atoms with van der Waals surface area (Å²) < 4.78 is 3.77. The predicted octanol–water partition coefficient (Wildman–Crippen LogP) is 1.78. The lowest BCUT2D eigenvalue weighted by atomic mass is 9.97. The van der Waals surface area contributed by atoms with Crippen LogP contribution in [0.2, 0.25) is 0 Å². The molecule has 8 nitrogen and oxygen atoms in total. The summed E-state index contributed by atoms with van der Waals surface area (Å²) in [5.74, 6) is -0.191. The van der Waals surface area contributed by atoms with E-state index in [9.17, 15) is 9.59 Å². The van der Waals surface area contributed by atoms with Crippen molar-refractivity contribution >= 4 is 11.8 Å². The molecule has 1 aliphatic heterocycles. The number of amides is 2. The van der Waals surface area contributed by atoms with Crippen molar-refractivity contribution in [2.24, 2.45) is 5.92 Å². The Bertz CT molecular complexity index is 891. The number of carbonyl (C=O) groups is 2. The van der Waals surface area contributed by atoms with Gasteiger partial charge in [0.25, 0.3) is 5.91 Å². The molecule has 0 bridgehead atoms. The number of nitrogens with zero attached hydrogens (tertiary/aromatic N) is 5. The minimum Gasteiger partial charge on any atom is -0.354 e. The Hall–Kier alpha value is -2.64. The third-order valence-electron chi connectivity index (χ3n) is 5.47. The minimum atomic E-state index is -0.154. The van der Waals surface area contributed by atoms with Crippen molar-refractivity contribution in [1.29, 1.82) is 0 Å². The van der Waals surface area contributed by atoms with Crippen LogP contribution in [0.4, 0.5) is 0 Å². The lowest BCUT2D eigenvalue weighted by Crippen LogP contribution is -2.56. The van der Waals surface area contributed by atoms with Gasteiger partial charge >= 0.3 is 0 Å². The summed E-state index contributed by atoms with van der Waals surface area (Å²) in [6.45, 7) is 14.0. The van der Waals surface area contributed by atoms with Crippen LogP contribution in [0.15, 0.2) is 6.07 Å². The topological polar surface area (TPSA) is 85.0 Å². The van der Waals surface area contributed by atoms with E-state index in [-0.39, 0.29) is 23.8 Å². The van der Waals surface area contributed by atoms with Crippen molar-refractivity contribution in [2.45, 2.75) is 54.1 Å². The van der Waals surface area contributed by atoms with Crippen LogP contribution in [0.3, 0.4) is 0 Å². The molecule has 0 spiro atoms. The second kappa shape index (κ2) is 7.77. The van der Waals surface area contributed by atoms with Crippen molar-refractivity contribution in [1.82, 2.24) is 29.8 Å². The first-order valence-electron chi connectivity index (χ1n) is 9.86. The molecule has 2 amide bonds. The normalized spacial score (nSPS) is 15.4. The zero-order chi connectivity index (χ0) is 20.6. The average molecular weight is 387 g/mol. The number of aryl methyl sites for hydroxylation is 4. The van der Waals surface area contributed by atoms with Crippen LogP contribution in [-0.4, -0.2) is 55.9 Å². The van der Waals surface area contributed by atoms with Gasteiger partial charge in [0.15, 0.2) is 0 Å². The molecule has 1 N–H and O–H groups in total. The van der Waals surface area contributed by atoms with Crippen LogP contribution in [0, 0.1) is 33.6 Å². The molecule has 2 aromatic rings. The standard InChI is InChI=1S/C20H30N6O2/c1-7-25-16(6)18(15(5)23-25)20(28)24-10-17(11-24)19(27)21-9-14(4)26-13(3)8-12(2)22-26/h8,14,17H,7,9-11H2,1-6H3,(H,21,27). The Labute approximate surface area is 165 Å². The van der Waals surface area contributed by atoms with Crippen molar-refractivity contribution < 1.29 is 9.59 Å². The predicted molar refractivity (Wildman–Crippen MR) is 106 cm³/mol. The Kier molecular flexibility index (Phi) is 5.58. The summed E-state index contributed by atoms with van der Waals surface area (Å²) in [6, 6.07) is 2.11. The highest BCUT2D eigenvalue weighted by Gasteiger charge is 2.37. The van der Waals surface area contributed by atoms with Crippen LogP contribution in [0.25, 0.3) is 0 Å². The van der Waals surface area contributed by atoms with Gasteiger partial charge in [-0.05, 0) is 47.6 Å². The van der Waals surface area contributed by atoms with Gasteiger partial charge in [-0.3, -0.25) is 19.0 Å². The maximum atomic E-state index is 12.8. The molecule has 1 saturated heterocycles. The molecule has 1 unspecified atom stereocenters. The molecular formula is C20H30N6O2. The Morgan fingerprint density at radius 3 is 2.43 bits per heavy atom. The molecule has 0 saturated carbocycles. The van der Waals surface area contributed by atoms with Gasteiger partial charge in [-0.25, -0.2) is 0 Å². The van der Waals surface area contributed by atoms with Crippen molar-refractivity contribution in [3.63, 3.8) is 0 Å². The van der Waals surface area contributed by atoms with E-state index < -0.39 is 0 Å². The Balaban J connectivity index is 1.52. The van der Waals surface area contributed by atoms with Gasteiger partial charge in [0.05, 0.1) is 28.9 Å². The number of aromatic nitrogens is 4. The highest BCUT2D eigenvalue weighted by molar-refractivity contribution is 5.98. The van der Waals surface area contributed by atoms with Crippen molar-refractivity contribution in [3.8, 4) is 0 Å². The SMILES string of the molecule is CCn1nc(C)c(C(=O)N2CC(C(=O)NCC(C)n3nc(C)cc3C)C2)c1C. The molecule has 0 aromatic carbocycles. The van der Waals surface area contributed by atoms with E-state index in [0.29, 0.717) is 25.2 Å². The van der Waals surface area contributed by atoms with Crippen LogP contribution < -0.4 is 5.32 Å². The molecule has 3 rings (SSSR count). The maximum absolute atomic E-state index is 12.8. The molecule has 0 aliphatic carbocycles. The summed E-state index contributed by atoms with van der Waals surface area (Å²) in [7, 11) is 0. The summed E-state index contributed by atoms with van der Waals surface area (Å²) >= 11 is 0. The quantitative estimate of drug-likeness (QED) is 0.820. The van der Waals surface area contributed by atoms with E-state index in [1.807, 2.05) is 57.0 Å². The first-order chi connectivity index (χ1) is 13.2. The minimum absolute atomic E-state index is 0.00451. The maximum Gasteiger partial charge on any atom is 0.257 e. The van der Waals surface area contributed by atoms with Crippen LogP contribution in [0.1, 0.15) is 53.0 Å². The summed E-state index contributed by atoms with van der Waals surface area (Å²) in [4.78, 5) is 27.0. The third-order valence-corrected chi connectivity index (χ3v) is 5.47. The van der Waals surface area contributed by atoms with E-state index in [4.69, 9.17) is 0 Å². The molecule has 2 aromatic heterocycles. The van der Waals surface area contributed by atoms with Crippen LogP contribution >= 0.6 is 0 Å². The fourth-order valence-corrected chi connectivity index (χ4v) is 3.85. The third kappa shape index (κ3) is 3.68. The van der Waals surface area contributed by atoms with Gasteiger partial charge in [0, 0.05) is 37.6 Å². The van der Waals surface area contributed by atoms with Crippen LogP contribution in [0.5, 0.6) is 0 Å². The van der Waals surface area contributed by atoms with E-state index in [2.05, 4.69) is 15.5 Å². The summed E-state index contributed by atoms with van der Waals surface area (Å²) in [5.41, 5.74) is 4.35. The Morgan fingerprint density at radius 1 is 1.21 bits per heavy atom. The second-order valence-electron chi connectivity index (χ2n) is 7.73. The Morgan fingerprint density at radius 2 is 1.89 bits per heavy atom. The molecule has 3 heterocycles. The van der Waals surface area contributed by atoms with E-state index >= 15 is 0 Å². The van der Waals surface area contributed by atoms with Crippen molar-refractivity contribution in [3.05, 3.63) is 34.4 Å². The summed E-state index contributed by atoms with van der Waals surface area (Å²) in [6.07, 6.45) is 0. The van der Waals surface area contributed by atoms with E-state index in [1.165, 1.54) is 0 Å². The molecule has 152 valence electrons. The molecular weight excluding hydrogens is 356 g/mol. The molecule has 1 aliphatic rings. The lowest BCUT2D eigenvalue weighted by molar-refractivity contribution is -0.129. The van der Waals surface area contributed by atoms with Crippen LogP contribution in [-0.2, 0) is 11.3 Å². The highest BCUT2D eigenvalue weighted by atomic mass is 16.2. The fourth-order valence-electron chi connectivity index (χ4n) is 3.85. The number of hydrogen-bond donors (Lipinski definition) is 1. The summed E-state index contributed by atoms with van der Waals surface area (Å²) in [5, 5.41) is 11.9.